The number of anilines is 1. The Bertz CT molecular complexity index is 886. The van der Waals surface area contributed by atoms with Gasteiger partial charge in [-0.15, -0.1) is 0 Å². The fraction of sp³-hybridized carbons (Fsp3) is 0.364. The first-order valence-corrected chi connectivity index (χ1v) is 9.77. The summed E-state index contributed by atoms with van der Waals surface area (Å²) in [5.74, 6) is -0.244. The van der Waals surface area contributed by atoms with Crippen molar-refractivity contribution in [2.45, 2.75) is 25.3 Å². The van der Waals surface area contributed by atoms with Crippen LogP contribution in [0.4, 0.5) is 10.1 Å². The van der Waals surface area contributed by atoms with Gasteiger partial charge in [-0.05, 0) is 35.7 Å². The second-order valence-corrected chi connectivity index (χ2v) is 7.29. The molecule has 0 spiro atoms. The molecule has 0 radical (unpaired) electrons. The van der Waals surface area contributed by atoms with E-state index in [1.54, 1.807) is 11.0 Å². The van der Waals surface area contributed by atoms with Crippen LogP contribution in [0.1, 0.15) is 30.0 Å². The molecule has 2 heterocycles. The molecule has 2 aromatic carbocycles. The van der Waals surface area contributed by atoms with E-state index < -0.39 is 0 Å². The Morgan fingerprint density at radius 2 is 2.00 bits per heavy atom. The molecule has 6 heteroatoms. The third kappa shape index (κ3) is 3.78. The maximum atomic E-state index is 13.7. The molecule has 0 aromatic heterocycles. The molecule has 28 heavy (non-hydrogen) atoms. The lowest BCUT2D eigenvalue weighted by Crippen LogP contribution is -2.49. The van der Waals surface area contributed by atoms with E-state index in [1.165, 1.54) is 12.1 Å². The number of aryl methyl sites for hydroxylation is 1. The summed E-state index contributed by atoms with van der Waals surface area (Å²) in [6, 6.07) is 14.1. The van der Waals surface area contributed by atoms with Crippen molar-refractivity contribution in [1.82, 2.24) is 10.2 Å². The smallest absolute Gasteiger partial charge is 0.227 e. The average Bonchev–Trinajstić information content (AvgIpc) is 2.73. The summed E-state index contributed by atoms with van der Waals surface area (Å²) in [7, 11) is 0. The number of nitrogens with zero attached hydrogens (tertiary/aromatic N) is 2. The van der Waals surface area contributed by atoms with Crippen LogP contribution in [-0.2, 0) is 16.0 Å². The summed E-state index contributed by atoms with van der Waals surface area (Å²) in [5.41, 5.74) is 2.85. The van der Waals surface area contributed by atoms with Gasteiger partial charge in [0.2, 0.25) is 11.8 Å². The highest BCUT2D eigenvalue weighted by atomic mass is 19.1. The number of hydrogen-bond acceptors (Lipinski definition) is 3. The third-order valence-electron chi connectivity index (χ3n) is 5.54. The number of rotatable bonds is 4. The van der Waals surface area contributed by atoms with Crippen molar-refractivity contribution in [3.8, 4) is 0 Å². The number of halogens is 1. The number of para-hydroxylation sites is 1. The van der Waals surface area contributed by atoms with Crippen molar-refractivity contribution < 1.29 is 14.0 Å². The molecule has 1 unspecified atom stereocenters. The number of piperazine rings is 1. The van der Waals surface area contributed by atoms with E-state index in [2.05, 4.69) is 5.32 Å². The molecule has 2 aliphatic rings. The Hall–Kier alpha value is -2.73. The molecule has 1 atom stereocenters. The summed E-state index contributed by atoms with van der Waals surface area (Å²) < 4.78 is 13.7. The van der Waals surface area contributed by atoms with Gasteiger partial charge in [0, 0.05) is 44.7 Å². The van der Waals surface area contributed by atoms with Crippen LogP contribution in [-0.4, -0.2) is 42.9 Å². The number of amides is 2. The number of carbonyl (C=O) groups excluding carboxylic acids is 2. The lowest BCUT2D eigenvalue weighted by atomic mass is 10.0. The first-order chi connectivity index (χ1) is 13.6. The zero-order valence-corrected chi connectivity index (χ0v) is 15.7. The largest absolute Gasteiger partial charge is 0.333 e. The zero-order chi connectivity index (χ0) is 19.5. The number of carbonyl (C=O) groups is 2. The van der Waals surface area contributed by atoms with Gasteiger partial charge in [-0.3, -0.25) is 9.59 Å². The molecule has 2 aliphatic heterocycles. The Morgan fingerprint density at radius 1 is 1.14 bits per heavy atom. The molecule has 1 N–H and O–H groups in total. The van der Waals surface area contributed by atoms with Crippen molar-refractivity contribution in [3.05, 3.63) is 65.5 Å². The Kier molecular flexibility index (Phi) is 5.39. The third-order valence-corrected chi connectivity index (χ3v) is 5.54. The average molecular weight is 381 g/mol. The van der Waals surface area contributed by atoms with Gasteiger partial charge in [-0.2, -0.15) is 0 Å². The van der Waals surface area contributed by atoms with E-state index in [0.717, 1.165) is 23.2 Å². The molecular weight excluding hydrogens is 357 g/mol. The molecule has 1 saturated heterocycles. The minimum Gasteiger partial charge on any atom is -0.333 e. The van der Waals surface area contributed by atoms with Crippen LogP contribution in [0.25, 0.3) is 0 Å². The summed E-state index contributed by atoms with van der Waals surface area (Å²) in [6.45, 7) is 2.25. The summed E-state index contributed by atoms with van der Waals surface area (Å²) >= 11 is 0. The van der Waals surface area contributed by atoms with E-state index in [1.807, 2.05) is 35.2 Å². The van der Waals surface area contributed by atoms with Gasteiger partial charge < -0.3 is 15.1 Å². The minimum absolute atomic E-state index is 0.00776. The summed E-state index contributed by atoms with van der Waals surface area (Å²) in [6.07, 6.45) is 1.48. The van der Waals surface area contributed by atoms with Gasteiger partial charge in [0.15, 0.2) is 0 Å². The van der Waals surface area contributed by atoms with Gasteiger partial charge in [-0.1, -0.05) is 30.3 Å². The van der Waals surface area contributed by atoms with Gasteiger partial charge in [-0.25, -0.2) is 4.39 Å². The molecular formula is C22H24FN3O2. The SMILES string of the molecule is O=C1CCc2ccccc2N1CCC(=O)N1CCNCC1c1cccc(F)c1. The summed E-state index contributed by atoms with van der Waals surface area (Å²) in [5, 5.41) is 3.28. The normalized spacial score (nSPS) is 19.5. The van der Waals surface area contributed by atoms with Crippen LogP contribution in [0.2, 0.25) is 0 Å². The van der Waals surface area contributed by atoms with E-state index in [9.17, 15) is 14.0 Å². The zero-order valence-electron chi connectivity index (χ0n) is 15.7. The van der Waals surface area contributed by atoms with Gasteiger partial charge in [0.1, 0.15) is 5.82 Å². The number of fused-ring (bicyclic) bond motifs is 1. The predicted molar refractivity (Wildman–Crippen MR) is 105 cm³/mol. The van der Waals surface area contributed by atoms with Crippen molar-refractivity contribution in [2.24, 2.45) is 0 Å². The highest BCUT2D eigenvalue weighted by Crippen LogP contribution is 2.28. The van der Waals surface area contributed by atoms with Crippen LogP contribution in [0.15, 0.2) is 48.5 Å². The number of benzene rings is 2. The lowest BCUT2D eigenvalue weighted by molar-refractivity contribution is -0.134. The van der Waals surface area contributed by atoms with E-state index in [0.29, 0.717) is 32.6 Å². The van der Waals surface area contributed by atoms with Crippen LogP contribution < -0.4 is 10.2 Å². The van der Waals surface area contributed by atoms with Crippen molar-refractivity contribution in [1.29, 1.82) is 0 Å². The Labute approximate surface area is 164 Å². The van der Waals surface area contributed by atoms with Gasteiger partial charge in [0.05, 0.1) is 6.04 Å². The summed E-state index contributed by atoms with van der Waals surface area (Å²) in [4.78, 5) is 29.0. The fourth-order valence-corrected chi connectivity index (χ4v) is 4.11. The van der Waals surface area contributed by atoms with Crippen molar-refractivity contribution in [2.75, 3.05) is 31.1 Å². The molecule has 4 rings (SSSR count). The second kappa shape index (κ2) is 8.10. The Morgan fingerprint density at radius 3 is 2.86 bits per heavy atom. The van der Waals surface area contributed by atoms with Crippen molar-refractivity contribution in [3.63, 3.8) is 0 Å². The molecule has 2 aromatic rings. The number of hydrogen-bond donors (Lipinski definition) is 1. The van der Waals surface area contributed by atoms with Crippen LogP contribution in [0.3, 0.4) is 0 Å². The monoisotopic (exact) mass is 381 g/mol. The van der Waals surface area contributed by atoms with Crippen LogP contribution in [0.5, 0.6) is 0 Å². The van der Waals surface area contributed by atoms with Gasteiger partial charge in [0.25, 0.3) is 0 Å². The number of nitrogens with one attached hydrogen (secondary N) is 1. The topological polar surface area (TPSA) is 52.7 Å². The first-order valence-electron chi connectivity index (χ1n) is 9.77. The fourth-order valence-electron chi connectivity index (χ4n) is 4.11. The molecule has 146 valence electrons. The van der Waals surface area contributed by atoms with E-state index >= 15 is 0 Å². The molecule has 2 amide bonds. The van der Waals surface area contributed by atoms with Crippen molar-refractivity contribution >= 4 is 17.5 Å². The Balaban J connectivity index is 1.47. The first kappa shape index (κ1) is 18.6. The highest BCUT2D eigenvalue weighted by Gasteiger charge is 2.30. The van der Waals surface area contributed by atoms with E-state index in [4.69, 9.17) is 0 Å². The minimum atomic E-state index is -0.300. The quantitative estimate of drug-likeness (QED) is 0.886. The highest BCUT2D eigenvalue weighted by molar-refractivity contribution is 5.97. The lowest BCUT2D eigenvalue weighted by Gasteiger charge is -2.37. The predicted octanol–water partition coefficient (Wildman–Crippen LogP) is 2.67. The molecule has 1 fully saturated rings. The second-order valence-electron chi connectivity index (χ2n) is 7.29. The molecule has 0 saturated carbocycles. The van der Waals surface area contributed by atoms with E-state index in [-0.39, 0.29) is 30.1 Å². The maximum Gasteiger partial charge on any atom is 0.227 e. The molecule has 0 aliphatic carbocycles. The van der Waals surface area contributed by atoms with Crippen LogP contribution >= 0.6 is 0 Å². The van der Waals surface area contributed by atoms with Crippen LogP contribution in [0, 0.1) is 5.82 Å². The molecule has 0 bridgehead atoms. The van der Waals surface area contributed by atoms with Gasteiger partial charge >= 0.3 is 0 Å². The standard InChI is InChI=1S/C22H24FN3O2/c23-18-6-3-5-17(14-18)20-15-24-11-13-26(20)22(28)10-12-25-19-7-2-1-4-16(19)8-9-21(25)27/h1-7,14,20,24H,8-13,15H2. The molecule has 5 nitrogen and oxygen atoms in total. The maximum absolute atomic E-state index is 13.7.